The van der Waals surface area contributed by atoms with Crippen LogP contribution < -0.4 is 10.1 Å². The van der Waals surface area contributed by atoms with Gasteiger partial charge in [-0.15, -0.1) is 0 Å². The van der Waals surface area contributed by atoms with Gasteiger partial charge in [0.2, 0.25) is 0 Å². The van der Waals surface area contributed by atoms with Gasteiger partial charge in [0.05, 0.1) is 24.9 Å². The van der Waals surface area contributed by atoms with E-state index in [-0.39, 0.29) is 11.6 Å². The lowest BCUT2D eigenvalue weighted by Crippen LogP contribution is -2.42. The summed E-state index contributed by atoms with van der Waals surface area (Å²) in [6.45, 7) is 10.3. The van der Waals surface area contributed by atoms with Gasteiger partial charge in [0, 0.05) is 13.7 Å². The summed E-state index contributed by atoms with van der Waals surface area (Å²) in [4.78, 5) is 0. The van der Waals surface area contributed by atoms with Crippen molar-refractivity contribution in [1.29, 1.82) is 0 Å². The van der Waals surface area contributed by atoms with Crippen molar-refractivity contribution in [3.63, 3.8) is 0 Å². The van der Waals surface area contributed by atoms with Crippen LogP contribution in [0.1, 0.15) is 52.3 Å². The van der Waals surface area contributed by atoms with Gasteiger partial charge >= 0.3 is 0 Å². The minimum atomic E-state index is -0.339. The number of rotatable bonds is 9. The highest BCUT2D eigenvalue weighted by Gasteiger charge is 2.35. The molecule has 0 saturated heterocycles. The van der Waals surface area contributed by atoms with Crippen molar-refractivity contribution in [3.8, 4) is 5.75 Å². The minimum absolute atomic E-state index is 0.0384. The lowest BCUT2D eigenvalue weighted by Gasteiger charge is -2.34. The van der Waals surface area contributed by atoms with Gasteiger partial charge < -0.3 is 14.8 Å². The van der Waals surface area contributed by atoms with Crippen molar-refractivity contribution in [2.24, 2.45) is 0 Å². The quantitative estimate of drug-likeness (QED) is 0.757. The molecule has 0 spiro atoms. The van der Waals surface area contributed by atoms with Crippen LogP contribution in [0.4, 0.5) is 0 Å². The van der Waals surface area contributed by atoms with Crippen LogP contribution in [-0.2, 0) is 11.3 Å². The zero-order chi connectivity index (χ0) is 15.2. The number of ether oxygens (including phenoxy) is 2. The zero-order valence-electron chi connectivity index (χ0n) is 13.7. The first-order valence-corrected chi connectivity index (χ1v) is 7.40. The van der Waals surface area contributed by atoms with Gasteiger partial charge in [0.25, 0.3) is 0 Å². The number of hydrogen-bond acceptors (Lipinski definition) is 4. The largest absolute Gasteiger partial charge is 0.493 e. The molecule has 1 atom stereocenters. The normalized spacial score (nSPS) is 13.5. The van der Waals surface area contributed by atoms with Crippen LogP contribution in [0.5, 0.6) is 5.75 Å². The molecule has 0 saturated carbocycles. The highest BCUT2D eigenvalue weighted by molar-refractivity contribution is 5.30. The Hall–Kier alpha value is -1.07. The first-order valence-electron chi connectivity index (χ1n) is 7.40. The summed E-state index contributed by atoms with van der Waals surface area (Å²) in [5.41, 5.74) is 0.725. The van der Waals surface area contributed by atoms with E-state index in [1.807, 2.05) is 4.68 Å². The second-order valence-electron chi connectivity index (χ2n) is 5.52. The molecule has 0 radical (unpaired) electrons. The van der Waals surface area contributed by atoms with E-state index in [0.29, 0.717) is 0 Å². The second kappa shape index (κ2) is 7.64. The monoisotopic (exact) mass is 283 g/mol. The second-order valence-corrected chi connectivity index (χ2v) is 5.52. The molecule has 0 aliphatic carbocycles. The Morgan fingerprint density at radius 3 is 2.50 bits per heavy atom. The lowest BCUT2D eigenvalue weighted by atomic mass is 9.94. The number of methoxy groups -OCH3 is 2. The van der Waals surface area contributed by atoms with E-state index in [1.165, 1.54) is 0 Å². The van der Waals surface area contributed by atoms with E-state index < -0.39 is 0 Å². The molecule has 5 heteroatoms. The highest BCUT2D eigenvalue weighted by atomic mass is 16.5. The molecule has 0 bridgehead atoms. The van der Waals surface area contributed by atoms with Crippen molar-refractivity contribution >= 4 is 0 Å². The molecule has 0 aliphatic heterocycles. The van der Waals surface area contributed by atoms with Crippen LogP contribution in [0.2, 0.25) is 0 Å². The van der Waals surface area contributed by atoms with Gasteiger partial charge in [-0.2, -0.15) is 5.10 Å². The minimum Gasteiger partial charge on any atom is -0.493 e. The Bertz CT molecular complexity index is 402. The molecule has 0 fully saturated rings. The van der Waals surface area contributed by atoms with Crippen molar-refractivity contribution in [2.45, 2.75) is 58.7 Å². The van der Waals surface area contributed by atoms with Gasteiger partial charge in [0.15, 0.2) is 5.75 Å². The van der Waals surface area contributed by atoms with E-state index in [2.05, 4.69) is 38.1 Å². The molecular weight excluding hydrogens is 254 g/mol. The van der Waals surface area contributed by atoms with Crippen molar-refractivity contribution in [1.82, 2.24) is 15.1 Å². The van der Waals surface area contributed by atoms with E-state index in [0.717, 1.165) is 37.4 Å². The highest BCUT2D eigenvalue weighted by Crippen LogP contribution is 2.34. The Morgan fingerprint density at radius 2 is 2.00 bits per heavy atom. The van der Waals surface area contributed by atoms with Gasteiger partial charge in [-0.25, -0.2) is 0 Å². The van der Waals surface area contributed by atoms with E-state index in [9.17, 15) is 0 Å². The van der Waals surface area contributed by atoms with Crippen LogP contribution in [-0.4, -0.2) is 36.1 Å². The Labute approximate surface area is 122 Å². The molecule has 116 valence electrons. The van der Waals surface area contributed by atoms with Gasteiger partial charge in [-0.05, 0) is 33.2 Å². The van der Waals surface area contributed by atoms with Crippen LogP contribution >= 0.6 is 0 Å². The number of nitrogens with one attached hydrogen (secondary N) is 1. The summed E-state index contributed by atoms with van der Waals surface area (Å²) in [7, 11) is 3.43. The number of hydrogen-bond donors (Lipinski definition) is 1. The Kier molecular flexibility index (Phi) is 6.49. The summed E-state index contributed by atoms with van der Waals surface area (Å²) >= 11 is 0. The molecule has 0 aliphatic rings. The molecule has 0 amide bonds. The predicted octanol–water partition coefficient (Wildman–Crippen LogP) is 2.77. The van der Waals surface area contributed by atoms with Crippen LogP contribution in [0.3, 0.4) is 0 Å². The first kappa shape index (κ1) is 17.0. The molecule has 5 nitrogen and oxygen atoms in total. The van der Waals surface area contributed by atoms with Gasteiger partial charge in [-0.1, -0.05) is 13.8 Å². The standard InChI is InChI=1S/C15H29N3O2/c1-7-9-16-14(15(3,4)20-6)13-12(19-5)11-17-18(13)10-8-2/h11,14,16H,7-10H2,1-6H3. The molecule has 1 rings (SSSR count). The molecule has 0 aromatic carbocycles. The molecule has 20 heavy (non-hydrogen) atoms. The summed E-state index contributed by atoms with van der Waals surface area (Å²) in [5.74, 6) is 0.817. The summed E-state index contributed by atoms with van der Waals surface area (Å²) in [5, 5.41) is 8.02. The first-order chi connectivity index (χ1) is 9.51. The van der Waals surface area contributed by atoms with Crippen LogP contribution in [0, 0.1) is 0 Å². The number of nitrogens with zero attached hydrogens (tertiary/aromatic N) is 2. The lowest BCUT2D eigenvalue weighted by molar-refractivity contribution is -0.0141. The Morgan fingerprint density at radius 1 is 1.30 bits per heavy atom. The van der Waals surface area contributed by atoms with Crippen LogP contribution in [0.15, 0.2) is 6.20 Å². The molecule has 1 N–H and O–H groups in total. The van der Waals surface area contributed by atoms with Gasteiger partial charge in [-0.3, -0.25) is 4.68 Å². The molecule has 1 aromatic heterocycles. The third kappa shape index (κ3) is 3.73. The number of aromatic nitrogens is 2. The fourth-order valence-corrected chi connectivity index (χ4v) is 2.29. The fourth-order valence-electron chi connectivity index (χ4n) is 2.29. The molecule has 1 unspecified atom stereocenters. The van der Waals surface area contributed by atoms with E-state index >= 15 is 0 Å². The van der Waals surface area contributed by atoms with E-state index in [4.69, 9.17) is 9.47 Å². The summed E-state index contributed by atoms with van der Waals surface area (Å²) < 4.78 is 13.2. The zero-order valence-corrected chi connectivity index (χ0v) is 13.7. The number of aryl methyl sites for hydroxylation is 1. The average Bonchev–Trinajstić information content (AvgIpc) is 2.82. The summed E-state index contributed by atoms with van der Waals surface area (Å²) in [6, 6.07) is 0.0384. The van der Waals surface area contributed by atoms with Crippen molar-refractivity contribution < 1.29 is 9.47 Å². The van der Waals surface area contributed by atoms with Crippen LogP contribution in [0.25, 0.3) is 0 Å². The third-order valence-corrected chi connectivity index (χ3v) is 3.59. The third-order valence-electron chi connectivity index (χ3n) is 3.59. The van der Waals surface area contributed by atoms with Crippen molar-refractivity contribution in [3.05, 3.63) is 11.9 Å². The smallest absolute Gasteiger partial charge is 0.161 e. The Balaban J connectivity index is 3.20. The average molecular weight is 283 g/mol. The maximum Gasteiger partial charge on any atom is 0.161 e. The van der Waals surface area contributed by atoms with Gasteiger partial charge in [0.1, 0.15) is 5.69 Å². The maximum absolute atomic E-state index is 5.69. The molecular formula is C15H29N3O2. The summed E-state index contributed by atoms with van der Waals surface area (Å²) in [6.07, 6.45) is 3.89. The topological polar surface area (TPSA) is 48.3 Å². The predicted molar refractivity (Wildman–Crippen MR) is 81.2 cm³/mol. The SMILES string of the molecule is CCCNC(c1c(OC)cnn1CCC)C(C)(C)OC. The fraction of sp³-hybridized carbons (Fsp3) is 0.800. The molecule has 1 heterocycles. The molecule has 1 aromatic rings. The van der Waals surface area contributed by atoms with E-state index in [1.54, 1.807) is 20.4 Å². The van der Waals surface area contributed by atoms with Crippen molar-refractivity contribution in [2.75, 3.05) is 20.8 Å². The maximum atomic E-state index is 5.69.